The maximum absolute atomic E-state index is 13.0. The first-order chi connectivity index (χ1) is 11.3. The zero-order valence-corrected chi connectivity index (χ0v) is 12.1. The molecule has 4 rings (SSSR count). The van der Waals surface area contributed by atoms with Crippen molar-refractivity contribution in [1.82, 2.24) is 14.4 Å². The van der Waals surface area contributed by atoms with E-state index >= 15 is 0 Å². The monoisotopic (exact) mass is 308 g/mol. The van der Waals surface area contributed by atoms with Crippen LogP contribution in [-0.4, -0.2) is 14.4 Å². The Hall–Kier alpha value is -3.15. The van der Waals surface area contributed by atoms with Crippen LogP contribution in [0.5, 0.6) is 0 Å². The van der Waals surface area contributed by atoms with Gasteiger partial charge in [-0.25, -0.2) is 9.37 Å². The Kier molecular flexibility index (Phi) is 3.27. The summed E-state index contributed by atoms with van der Waals surface area (Å²) in [6.07, 6.45) is 6.84. The minimum absolute atomic E-state index is 0.245. The number of fused-ring (bicyclic) bond motifs is 1. The van der Waals surface area contributed by atoms with Gasteiger partial charge in [-0.3, -0.25) is 9.38 Å². The van der Waals surface area contributed by atoms with E-state index in [0.717, 1.165) is 17.0 Å². The van der Waals surface area contributed by atoms with Crippen molar-refractivity contribution in [2.24, 2.45) is 0 Å². The van der Waals surface area contributed by atoms with Gasteiger partial charge in [-0.15, -0.1) is 0 Å². The fourth-order valence-electron chi connectivity index (χ4n) is 2.45. The third-order valence-corrected chi connectivity index (χ3v) is 3.56. The highest BCUT2D eigenvalue weighted by Crippen LogP contribution is 2.29. The zero-order valence-electron chi connectivity index (χ0n) is 12.1. The Labute approximate surface area is 131 Å². The molecular weight excluding hydrogens is 295 g/mol. The van der Waals surface area contributed by atoms with E-state index in [1.807, 2.05) is 22.7 Å². The summed E-state index contributed by atoms with van der Waals surface area (Å²) in [5.41, 5.74) is 2.41. The predicted molar refractivity (Wildman–Crippen MR) is 84.4 cm³/mol. The van der Waals surface area contributed by atoms with E-state index < -0.39 is 0 Å². The van der Waals surface area contributed by atoms with Gasteiger partial charge in [0.2, 0.25) is 0 Å². The Balaban J connectivity index is 1.72. The molecule has 1 aromatic carbocycles. The molecule has 3 heterocycles. The highest BCUT2D eigenvalue weighted by atomic mass is 19.1. The summed E-state index contributed by atoms with van der Waals surface area (Å²) < 4.78 is 20.4. The summed E-state index contributed by atoms with van der Waals surface area (Å²) >= 11 is 0. The number of rotatable bonds is 4. The lowest BCUT2D eigenvalue weighted by molar-refractivity contribution is 0.580. The average Bonchev–Trinajstić information content (AvgIpc) is 3.22. The standard InChI is InChI=1S/C17H13FN4O/c18-13-5-3-12(4-6-13)10-20-17-16(14-2-1-9-23-14)21-15-11-19-7-8-22(15)17/h1-9,11,20H,10H2. The van der Waals surface area contributed by atoms with Gasteiger partial charge in [0.1, 0.15) is 17.3 Å². The zero-order chi connectivity index (χ0) is 15.6. The van der Waals surface area contributed by atoms with Gasteiger partial charge in [-0.2, -0.15) is 0 Å². The molecule has 0 saturated carbocycles. The number of benzene rings is 1. The Morgan fingerprint density at radius 1 is 1.17 bits per heavy atom. The molecule has 6 heteroatoms. The fraction of sp³-hybridized carbons (Fsp3) is 0.0588. The lowest BCUT2D eigenvalue weighted by Gasteiger charge is -2.08. The molecule has 0 saturated heterocycles. The highest BCUT2D eigenvalue weighted by Gasteiger charge is 2.15. The molecule has 0 radical (unpaired) electrons. The molecule has 0 spiro atoms. The van der Waals surface area contributed by atoms with Crippen molar-refractivity contribution in [3.05, 3.63) is 72.6 Å². The number of hydrogen-bond acceptors (Lipinski definition) is 4. The van der Waals surface area contributed by atoms with Gasteiger partial charge in [-0.05, 0) is 29.8 Å². The van der Waals surface area contributed by atoms with E-state index in [1.54, 1.807) is 30.8 Å². The molecule has 3 aromatic heterocycles. The van der Waals surface area contributed by atoms with Crippen LogP contribution in [0.1, 0.15) is 5.56 Å². The summed E-state index contributed by atoms with van der Waals surface area (Å²) in [6.45, 7) is 0.546. The van der Waals surface area contributed by atoms with Crippen LogP contribution in [0.2, 0.25) is 0 Å². The van der Waals surface area contributed by atoms with E-state index in [1.165, 1.54) is 12.1 Å². The van der Waals surface area contributed by atoms with Crippen LogP contribution in [0.3, 0.4) is 0 Å². The number of halogens is 1. The van der Waals surface area contributed by atoms with Crippen LogP contribution in [0.15, 0.2) is 65.7 Å². The topological polar surface area (TPSA) is 55.4 Å². The molecule has 0 aliphatic rings. The number of hydrogen-bond donors (Lipinski definition) is 1. The number of aromatic nitrogens is 3. The molecule has 114 valence electrons. The van der Waals surface area contributed by atoms with Crippen molar-refractivity contribution in [2.75, 3.05) is 5.32 Å². The fourth-order valence-corrected chi connectivity index (χ4v) is 2.45. The van der Waals surface area contributed by atoms with Gasteiger partial charge in [0.15, 0.2) is 11.4 Å². The number of imidazole rings is 1. The molecule has 1 N–H and O–H groups in total. The van der Waals surface area contributed by atoms with E-state index in [-0.39, 0.29) is 5.82 Å². The molecule has 0 fully saturated rings. The molecule has 0 amide bonds. The second kappa shape index (κ2) is 5.57. The van der Waals surface area contributed by atoms with Gasteiger partial charge in [-0.1, -0.05) is 12.1 Å². The normalized spacial score (nSPS) is 11.0. The molecule has 0 aliphatic carbocycles. The van der Waals surface area contributed by atoms with Crippen molar-refractivity contribution >= 4 is 11.5 Å². The third-order valence-electron chi connectivity index (χ3n) is 3.56. The summed E-state index contributed by atoms with van der Waals surface area (Å²) in [7, 11) is 0. The van der Waals surface area contributed by atoms with Crippen molar-refractivity contribution in [2.45, 2.75) is 6.54 Å². The molecule has 0 bridgehead atoms. The van der Waals surface area contributed by atoms with Crippen LogP contribution in [-0.2, 0) is 6.54 Å². The number of nitrogens with zero attached hydrogens (tertiary/aromatic N) is 3. The molecule has 5 nitrogen and oxygen atoms in total. The third kappa shape index (κ3) is 2.55. The molecule has 23 heavy (non-hydrogen) atoms. The lowest BCUT2D eigenvalue weighted by Crippen LogP contribution is -2.03. The Bertz CT molecular complexity index is 929. The quantitative estimate of drug-likeness (QED) is 0.624. The molecule has 0 unspecified atom stereocenters. The van der Waals surface area contributed by atoms with Gasteiger partial charge in [0.25, 0.3) is 0 Å². The smallest absolute Gasteiger partial charge is 0.157 e. The first-order valence-electron chi connectivity index (χ1n) is 7.15. The first kappa shape index (κ1) is 13.5. The molecule has 0 atom stereocenters. The predicted octanol–water partition coefficient (Wildman–Crippen LogP) is 3.74. The van der Waals surface area contributed by atoms with Crippen LogP contribution < -0.4 is 5.32 Å². The maximum atomic E-state index is 13.0. The lowest BCUT2D eigenvalue weighted by atomic mass is 10.2. The SMILES string of the molecule is Fc1ccc(CNc2c(-c3ccco3)nc3cnccn23)cc1. The van der Waals surface area contributed by atoms with Crippen molar-refractivity contribution in [3.8, 4) is 11.5 Å². The van der Waals surface area contributed by atoms with Crippen LogP contribution in [0.25, 0.3) is 17.1 Å². The maximum Gasteiger partial charge on any atom is 0.157 e. The van der Waals surface area contributed by atoms with E-state index in [4.69, 9.17) is 4.42 Å². The van der Waals surface area contributed by atoms with Gasteiger partial charge < -0.3 is 9.73 Å². The van der Waals surface area contributed by atoms with Gasteiger partial charge in [0.05, 0.1) is 12.5 Å². The van der Waals surface area contributed by atoms with E-state index in [9.17, 15) is 4.39 Å². The highest BCUT2D eigenvalue weighted by molar-refractivity contribution is 5.73. The number of furan rings is 1. The van der Waals surface area contributed by atoms with E-state index in [0.29, 0.717) is 18.0 Å². The largest absolute Gasteiger partial charge is 0.463 e. The number of anilines is 1. The summed E-state index contributed by atoms with van der Waals surface area (Å²) in [5.74, 6) is 1.24. The average molecular weight is 308 g/mol. The summed E-state index contributed by atoms with van der Waals surface area (Å²) in [4.78, 5) is 8.66. The number of nitrogens with one attached hydrogen (secondary N) is 1. The minimum Gasteiger partial charge on any atom is -0.463 e. The molecule has 4 aromatic rings. The van der Waals surface area contributed by atoms with Gasteiger partial charge in [0, 0.05) is 18.9 Å². The molecule has 0 aliphatic heterocycles. The van der Waals surface area contributed by atoms with Crippen LogP contribution >= 0.6 is 0 Å². The van der Waals surface area contributed by atoms with Crippen LogP contribution in [0.4, 0.5) is 10.2 Å². The second-order valence-corrected chi connectivity index (χ2v) is 5.07. The minimum atomic E-state index is -0.245. The van der Waals surface area contributed by atoms with E-state index in [2.05, 4.69) is 15.3 Å². The van der Waals surface area contributed by atoms with Crippen molar-refractivity contribution < 1.29 is 8.81 Å². The first-order valence-corrected chi connectivity index (χ1v) is 7.15. The van der Waals surface area contributed by atoms with Crippen molar-refractivity contribution in [1.29, 1.82) is 0 Å². The Morgan fingerprint density at radius 2 is 2.04 bits per heavy atom. The van der Waals surface area contributed by atoms with Crippen molar-refractivity contribution in [3.63, 3.8) is 0 Å². The van der Waals surface area contributed by atoms with Crippen LogP contribution in [0, 0.1) is 5.82 Å². The summed E-state index contributed by atoms with van der Waals surface area (Å²) in [6, 6.07) is 10.1. The summed E-state index contributed by atoms with van der Waals surface area (Å²) in [5, 5.41) is 3.35. The Morgan fingerprint density at radius 3 is 2.83 bits per heavy atom. The van der Waals surface area contributed by atoms with Gasteiger partial charge >= 0.3 is 0 Å². The molecular formula is C17H13FN4O. The second-order valence-electron chi connectivity index (χ2n) is 5.07.